The van der Waals surface area contributed by atoms with Crippen LogP contribution < -0.4 is 0 Å². The van der Waals surface area contributed by atoms with Crippen molar-refractivity contribution in [2.75, 3.05) is 0 Å². The zero-order valence-corrected chi connectivity index (χ0v) is 43.0. The molecular formula is C61H40INSU. The van der Waals surface area contributed by atoms with Gasteiger partial charge in [-0.3, -0.25) is 0 Å². The van der Waals surface area contributed by atoms with Gasteiger partial charge in [0.2, 0.25) is 0 Å². The zero-order valence-electron chi connectivity index (χ0n) is 35.9. The molecule has 0 N–H and O–H groups in total. The van der Waals surface area contributed by atoms with Crippen molar-refractivity contribution in [3.05, 3.63) is 234 Å². The van der Waals surface area contributed by atoms with Crippen LogP contribution in [0.4, 0.5) is 0 Å². The van der Waals surface area contributed by atoms with Crippen LogP contribution in [0.5, 0.6) is 0 Å². The molecule has 0 amide bonds. The number of hydrogen-bond acceptors (Lipinski definition) is 1. The molecular weight excluding hydrogens is 1140 g/mol. The molecule has 14 rings (SSSR count). The fourth-order valence-corrected chi connectivity index (χ4v) is 17.9. The number of aromatic nitrogens is 1. The normalized spacial score (nSPS) is 16.9. The third-order valence-corrected chi connectivity index (χ3v) is 21.1. The Morgan fingerprint density at radius 1 is 0.523 bits per heavy atom. The van der Waals surface area contributed by atoms with Crippen LogP contribution in [0.3, 0.4) is 0 Å². The first kappa shape index (κ1) is 40.0. The molecule has 0 fully saturated rings. The summed E-state index contributed by atoms with van der Waals surface area (Å²) in [6, 6.07) is 72.3. The van der Waals surface area contributed by atoms with Crippen LogP contribution in [-0.2, 0) is 5.41 Å². The molecule has 0 saturated carbocycles. The fourth-order valence-electron chi connectivity index (χ4n) is 11.2. The van der Waals surface area contributed by atoms with Gasteiger partial charge >= 0.3 is 418 Å². The molecule has 3 aliphatic rings. The average molecular weight is 1180 g/mol. The monoisotopic (exact) mass is 1180 g/mol. The molecule has 2 atom stereocenters. The van der Waals surface area contributed by atoms with Gasteiger partial charge in [0, 0.05) is 0 Å². The van der Waals surface area contributed by atoms with Crippen LogP contribution in [0.2, 0.25) is 0 Å². The quantitative estimate of drug-likeness (QED) is 0.0966. The van der Waals surface area contributed by atoms with E-state index in [0.717, 1.165) is 0 Å². The largest absolute Gasteiger partial charge is 2.00 e. The van der Waals surface area contributed by atoms with E-state index in [1.807, 2.05) is 11.8 Å². The van der Waals surface area contributed by atoms with Crippen molar-refractivity contribution in [1.29, 1.82) is 0 Å². The van der Waals surface area contributed by atoms with Gasteiger partial charge in [0.15, 0.2) is 0 Å². The Balaban J connectivity index is 0.00000423. The summed E-state index contributed by atoms with van der Waals surface area (Å²) in [4.78, 5) is 1.39. The van der Waals surface area contributed by atoms with Gasteiger partial charge in [-0.05, 0) is 0 Å². The SMILES string of the molecule is CC1(C)c2cc(I(c3[c-]cc4ccccc4c3)c3cccc(-n4c5ccccc5c5cc6c(cc54)SC4C=CC=CC64)c3)[c-]cc2-c2cc3c4ccccc4c4ccccc4c3cc21.[U+2]. The van der Waals surface area contributed by atoms with Crippen LogP contribution in [0.1, 0.15) is 36.5 Å². The van der Waals surface area contributed by atoms with Gasteiger partial charge in [-0.15, -0.1) is 0 Å². The third kappa shape index (κ3) is 5.96. The van der Waals surface area contributed by atoms with E-state index in [4.69, 9.17) is 0 Å². The van der Waals surface area contributed by atoms with Crippen molar-refractivity contribution in [1.82, 2.24) is 4.57 Å². The molecule has 2 heterocycles. The molecule has 2 aliphatic carbocycles. The molecule has 2 unspecified atom stereocenters. The van der Waals surface area contributed by atoms with E-state index in [2.05, 4.69) is 225 Å². The number of nitrogens with zero attached hydrogens (tertiary/aromatic N) is 1. The third-order valence-electron chi connectivity index (χ3n) is 14.3. The van der Waals surface area contributed by atoms with Gasteiger partial charge in [-0.1, -0.05) is 0 Å². The van der Waals surface area contributed by atoms with E-state index in [1.165, 1.54) is 114 Å². The minimum Gasteiger partial charge on any atom is 2.00 e. The summed E-state index contributed by atoms with van der Waals surface area (Å²) in [6.07, 6.45) is 9.17. The van der Waals surface area contributed by atoms with Crippen LogP contribution in [-0.4, -0.2) is 9.82 Å². The Hall–Kier alpha value is -5.35. The van der Waals surface area contributed by atoms with Crippen LogP contribution in [0.25, 0.3) is 81.7 Å². The Kier molecular flexibility index (Phi) is 9.28. The summed E-state index contributed by atoms with van der Waals surface area (Å²) >= 11 is -0.407. The second kappa shape index (κ2) is 15.1. The van der Waals surface area contributed by atoms with Crippen molar-refractivity contribution in [3.63, 3.8) is 0 Å². The molecule has 0 spiro atoms. The second-order valence-electron chi connectivity index (χ2n) is 18.1. The van der Waals surface area contributed by atoms with Crippen LogP contribution >= 0.6 is 31.6 Å². The smallest absolute Gasteiger partial charge is 2.00 e. The van der Waals surface area contributed by atoms with E-state index >= 15 is 0 Å². The zero-order chi connectivity index (χ0) is 42.3. The van der Waals surface area contributed by atoms with E-state index in [1.54, 1.807) is 0 Å². The van der Waals surface area contributed by atoms with Gasteiger partial charge < -0.3 is 0 Å². The molecule has 11 aromatic rings. The number of thioether (sulfide) groups is 1. The fraction of sp³-hybridized carbons (Fsp3) is 0.0820. The van der Waals surface area contributed by atoms with Crippen molar-refractivity contribution < 1.29 is 31.1 Å². The number of allylic oxidation sites excluding steroid dienone is 3. The van der Waals surface area contributed by atoms with Crippen molar-refractivity contribution in [2.24, 2.45) is 0 Å². The first-order chi connectivity index (χ1) is 31.5. The van der Waals surface area contributed by atoms with Gasteiger partial charge in [-0.2, -0.15) is 0 Å². The molecule has 306 valence electrons. The molecule has 1 nitrogen and oxygen atoms in total. The first-order valence-corrected chi connectivity index (χ1v) is 26.3. The predicted octanol–water partition coefficient (Wildman–Crippen LogP) is 16.4. The topological polar surface area (TPSA) is 4.93 Å². The van der Waals surface area contributed by atoms with E-state index in [9.17, 15) is 0 Å². The Morgan fingerprint density at radius 3 is 1.97 bits per heavy atom. The van der Waals surface area contributed by atoms with Gasteiger partial charge in [-0.25, -0.2) is 0 Å². The standard InChI is InChI=1S/C61H40INS.U/c1-61(2)55-32-41(28-29-47(55)52-33-50-45-20-7-5-18-43(45)44-19-6-8-21-46(44)51(50)35-56(52)61)62(40-27-26-37-14-3-4-15-38(37)30-40)39-16-13-17-42(31-39)63-57-24-11-9-22-48(57)53-34-54-49-23-10-12-25-59(49)64-60(54)36-58(53)63;/h3-26,29-36,49,59H,1-2H3;/q-2;+2. The van der Waals surface area contributed by atoms with E-state index in [0.29, 0.717) is 11.2 Å². The van der Waals surface area contributed by atoms with Crippen LogP contribution in [0, 0.1) is 54.0 Å². The van der Waals surface area contributed by atoms with Crippen molar-refractivity contribution in [3.8, 4) is 16.8 Å². The van der Waals surface area contributed by atoms with E-state index < -0.39 is 19.8 Å². The number of rotatable bonds is 4. The minimum absolute atomic E-state index is 0. The molecule has 0 bridgehead atoms. The van der Waals surface area contributed by atoms with Gasteiger partial charge in [0.1, 0.15) is 0 Å². The maximum absolute atomic E-state index is 4.00. The van der Waals surface area contributed by atoms with Gasteiger partial charge in [0.05, 0.1) is 0 Å². The Morgan fingerprint density at radius 2 is 1.17 bits per heavy atom. The predicted molar refractivity (Wildman–Crippen MR) is 280 cm³/mol. The molecule has 0 radical (unpaired) electrons. The average Bonchev–Trinajstić information content (AvgIpc) is 3.94. The van der Waals surface area contributed by atoms with Gasteiger partial charge in [0.25, 0.3) is 0 Å². The Bertz CT molecular complexity index is 3890. The maximum atomic E-state index is 4.00. The van der Waals surface area contributed by atoms with Crippen molar-refractivity contribution in [2.45, 2.75) is 35.3 Å². The summed E-state index contributed by atoms with van der Waals surface area (Å²) in [7, 11) is 0. The summed E-state index contributed by atoms with van der Waals surface area (Å²) in [5, 5.41) is 13.5. The Labute approximate surface area is 414 Å². The summed E-state index contributed by atoms with van der Waals surface area (Å²) in [6.45, 7) is 4.85. The van der Waals surface area contributed by atoms with Crippen LogP contribution in [0.15, 0.2) is 199 Å². The minimum atomic E-state index is -2.41. The molecule has 4 heteroatoms. The number of halogens is 1. The maximum Gasteiger partial charge on any atom is 2.00 e. The number of benzene rings is 10. The number of hydrogen-bond donors (Lipinski definition) is 0. The molecule has 65 heavy (non-hydrogen) atoms. The molecule has 0 saturated heterocycles. The molecule has 1 aromatic heterocycles. The molecule has 1 aliphatic heterocycles. The van der Waals surface area contributed by atoms with Crippen molar-refractivity contribution >= 4 is 96.5 Å². The summed E-state index contributed by atoms with van der Waals surface area (Å²) < 4.78 is 6.51. The van der Waals surface area contributed by atoms with E-state index in [-0.39, 0.29) is 36.5 Å². The number of fused-ring (bicyclic) bond motifs is 16. The second-order valence-corrected chi connectivity index (χ2v) is 24.5. The summed E-state index contributed by atoms with van der Waals surface area (Å²) in [5.41, 5.74) is 10.4. The number of para-hydroxylation sites is 1. The first-order valence-electron chi connectivity index (χ1n) is 22.2. The molecule has 10 aromatic carbocycles. The summed E-state index contributed by atoms with van der Waals surface area (Å²) in [5.74, 6) is 0.422.